The number of nitrogens with one attached hydrogen (secondary N) is 1. The minimum absolute atomic E-state index is 0.0446. The van der Waals surface area contributed by atoms with Gasteiger partial charge in [-0.1, -0.05) is 19.9 Å². The molecular formula is C16H16N2O. The molecule has 0 radical (unpaired) electrons. The summed E-state index contributed by atoms with van der Waals surface area (Å²) in [6.45, 7) is 4.16. The van der Waals surface area contributed by atoms with Crippen LogP contribution in [0.1, 0.15) is 25.3 Å². The number of aromatic nitrogens is 1. The third-order valence-corrected chi connectivity index (χ3v) is 3.61. The second kappa shape index (κ2) is 4.50. The normalized spacial score (nSPS) is 17.4. The first-order chi connectivity index (χ1) is 9.16. The summed E-state index contributed by atoms with van der Waals surface area (Å²) in [5.74, 6) is 0.364. The van der Waals surface area contributed by atoms with E-state index in [2.05, 4.69) is 30.2 Å². The third kappa shape index (κ3) is 2.01. The van der Waals surface area contributed by atoms with E-state index in [1.54, 1.807) is 12.4 Å². The van der Waals surface area contributed by atoms with Crippen molar-refractivity contribution in [3.05, 3.63) is 48.3 Å². The molecule has 0 spiro atoms. The number of fused-ring (bicyclic) bond motifs is 1. The van der Waals surface area contributed by atoms with Gasteiger partial charge < -0.3 is 5.32 Å². The lowest BCUT2D eigenvalue weighted by atomic mass is 9.88. The molecule has 1 atom stereocenters. The van der Waals surface area contributed by atoms with Crippen molar-refractivity contribution in [2.45, 2.75) is 19.8 Å². The monoisotopic (exact) mass is 252 g/mol. The van der Waals surface area contributed by atoms with Crippen LogP contribution in [0.25, 0.3) is 11.1 Å². The van der Waals surface area contributed by atoms with E-state index in [1.807, 2.05) is 24.3 Å². The fourth-order valence-corrected chi connectivity index (χ4v) is 2.67. The molecule has 3 heteroatoms. The quantitative estimate of drug-likeness (QED) is 0.889. The van der Waals surface area contributed by atoms with Crippen LogP contribution in [0.5, 0.6) is 0 Å². The van der Waals surface area contributed by atoms with Gasteiger partial charge in [-0.3, -0.25) is 9.78 Å². The van der Waals surface area contributed by atoms with Gasteiger partial charge in [0.1, 0.15) is 0 Å². The highest BCUT2D eigenvalue weighted by Gasteiger charge is 2.32. The number of carbonyl (C=O) groups is 1. The summed E-state index contributed by atoms with van der Waals surface area (Å²) in [6, 6.07) is 10.1. The van der Waals surface area contributed by atoms with Crippen LogP contribution in [0, 0.1) is 5.92 Å². The highest BCUT2D eigenvalue weighted by Crippen LogP contribution is 2.39. The van der Waals surface area contributed by atoms with Gasteiger partial charge in [0.25, 0.3) is 0 Å². The number of benzene rings is 1. The predicted molar refractivity (Wildman–Crippen MR) is 75.9 cm³/mol. The van der Waals surface area contributed by atoms with E-state index in [0.717, 1.165) is 22.4 Å². The van der Waals surface area contributed by atoms with E-state index in [4.69, 9.17) is 0 Å². The second-order valence-electron chi connectivity index (χ2n) is 5.25. The standard InChI is InChI=1S/C16H16N2O/c1-10(2)15-13-9-12(11-5-7-17-8-6-11)3-4-14(13)18-16(15)19/h3-10,15H,1-2H3,(H,18,19). The first-order valence-electron chi connectivity index (χ1n) is 6.52. The Hall–Kier alpha value is -2.16. The van der Waals surface area contributed by atoms with Crippen LogP contribution in [0.2, 0.25) is 0 Å². The SMILES string of the molecule is CC(C)C1C(=O)Nc2ccc(-c3ccncc3)cc21. The Morgan fingerprint density at radius 1 is 1.11 bits per heavy atom. The zero-order valence-corrected chi connectivity index (χ0v) is 11.1. The zero-order chi connectivity index (χ0) is 13.4. The Labute approximate surface area is 112 Å². The van der Waals surface area contributed by atoms with Crippen molar-refractivity contribution in [1.82, 2.24) is 4.98 Å². The average molecular weight is 252 g/mol. The molecule has 1 unspecified atom stereocenters. The van der Waals surface area contributed by atoms with Crippen molar-refractivity contribution in [3.8, 4) is 11.1 Å². The molecule has 2 aromatic rings. The van der Waals surface area contributed by atoms with E-state index in [-0.39, 0.29) is 11.8 Å². The van der Waals surface area contributed by atoms with Crippen LogP contribution in [0.3, 0.4) is 0 Å². The second-order valence-corrected chi connectivity index (χ2v) is 5.25. The molecule has 1 aromatic heterocycles. The Balaban J connectivity index is 2.08. The fraction of sp³-hybridized carbons (Fsp3) is 0.250. The Morgan fingerprint density at radius 3 is 2.53 bits per heavy atom. The number of carbonyl (C=O) groups excluding carboxylic acids is 1. The van der Waals surface area contributed by atoms with Crippen molar-refractivity contribution in [2.24, 2.45) is 5.92 Å². The van der Waals surface area contributed by atoms with Gasteiger partial charge in [-0.15, -0.1) is 0 Å². The summed E-state index contributed by atoms with van der Waals surface area (Å²) in [6.07, 6.45) is 3.57. The molecule has 0 fully saturated rings. The lowest BCUT2D eigenvalue weighted by molar-refractivity contribution is -0.117. The molecule has 3 nitrogen and oxygen atoms in total. The van der Waals surface area contributed by atoms with Gasteiger partial charge in [-0.2, -0.15) is 0 Å². The summed E-state index contributed by atoms with van der Waals surface area (Å²) >= 11 is 0. The molecule has 3 rings (SSSR count). The topological polar surface area (TPSA) is 42.0 Å². The lowest BCUT2D eigenvalue weighted by Gasteiger charge is -2.13. The van der Waals surface area contributed by atoms with Crippen molar-refractivity contribution in [3.63, 3.8) is 0 Å². The summed E-state index contributed by atoms with van der Waals surface area (Å²) in [4.78, 5) is 16.0. The number of anilines is 1. The third-order valence-electron chi connectivity index (χ3n) is 3.61. The van der Waals surface area contributed by atoms with Gasteiger partial charge in [0.2, 0.25) is 5.91 Å². The molecular weight excluding hydrogens is 236 g/mol. The van der Waals surface area contributed by atoms with Gasteiger partial charge in [-0.25, -0.2) is 0 Å². The van der Waals surface area contributed by atoms with Crippen LogP contribution in [-0.2, 0) is 4.79 Å². The van der Waals surface area contributed by atoms with Gasteiger partial charge in [0.05, 0.1) is 5.92 Å². The minimum Gasteiger partial charge on any atom is -0.325 e. The summed E-state index contributed by atoms with van der Waals surface area (Å²) in [5.41, 5.74) is 4.30. The number of hydrogen-bond donors (Lipinski definition) is 1. The lowest BCUT2D eigenvalue weighted by Crippen LogP contribution is -2.16. The van der Waals surface area contributed by atoms with Crippen molar-refractivity contribution in [1.29, 1.82) is 0 Å². The van der Waals surface area contributed by atoms with Gasteiger partial charge >= 0.3 is 0 Å². The zero-order valence-electron chi connectivity index (χ0n) is 11.1. The minimum atomic E-state index is -0.0446. The van der Waals surface area contributed by atoms with Crippen LogP contribution in [0.4, 0.5) is 5.69 Å². The highest BCUT2D eigenvalue weighted by molar-refractivity contribution is 6.03. The van der Waals surface area contributed by atoms with Gasteiger partial charge in [-0.05, 0) is 46.9 Å². The molecule has 1 aromatic carbocycles. The Kier molecular flexibility index (Phi) is 2.82. The largest absolute Gasteiger partial charge is 0.325 e. The molecule has 0 aliphatic carbocycles. The van der Waals surface area contributed by atoms with E-state index < -0.39 is 0 Å². The first kappa shape index (κ1) is 11.9. The smallest absolute Gasteiger partial charge is 0.232 e. The number of nitrogens with zero attached hydrogens (tertiary/aromatic N) is 1. The van der Waals surface area contributed by atoms with E-state index in [0.29, 0.717) is 5.92 Å². The highest BCUT2D eigenvalue weighted by atomic mass is 16.2. The van der Waals surface area contributed by atoms with Gasteiger partial charge in [0.15, 0.2) is 0 Å². The van der Waals surface area contributed by atoms with Crippen LogP contribution < -0.4 is 5.32 Å². The summed E-state index contributed by atoms with van der Waals surface area (Å²) in [7, 11) is 0. The van der Waals surface area contributed by atoms with Crippen LogP contribution in [-0.4, -0.2) is 10.9 Å². The van der Waals surface area contributed by atoms with Crippen LogP contribution in [0.15, 0.2) is 42.7 Å². The van der Waals surface area contributed by atoms with E-state index >= 15 is 0 Å². The predicted octanol–water partition coefficient (Wildman–Crippen LogP) is 3.44. The molecule has 1 N–H and O–H groups in total. The number of pyridine rings is 1. The van der Waals surface area contributed by atoms with Crippen molar-refractivity contribution in [2.75, 3.05) is 5.32 Å². The van der Waals surface area contributed by atoms with Crippen LogP contribution >= 0.6 is 0 Å². The van der Waals surface area contributed by atoms with E-state index in [9.17, 15) is 4.79 Å². The first-order valence-corrected chi connectivity index (χ1v) is 6.52. The molecule has 96 valence electrons. The average Bonchev–Trinajstić information content (AvgIpc) is 2.74. The maximum absolute atomic E-state index is 12.0. The molecule has 0 saturated heterocycles. The molecule has 1 amide bonds. The summed E-state index contributed by atoms with van der Waals surface area (Å²) in [5, 5.41) is 2.96. The molecule has 1 aliphatic heterocycles. The number of rotatable bonds is 2. The fourth-order valence-electron chi connectivity index (χ4n) is 2.67. The maximum Gasteiger partial charge on any atom is 0.232 e. The molecule has 0 bridgehead atoms. The Morgan fingerprint density at radius 2 is 1.84 bits per heavy atom. The Bertz CT molecular complexity index is 620. The maximum atomic E-state index is 12.0. The van der Waals surface area contributed by atoms with E-state index in [1.165, 1.54) is 0 Å². The molecule has 19 heavy (non-hydrogen) atoms. The summed E-state index contributed by atoms with van der Waals surface area (Å²) < 4.78 is 0. The van der Waals surface area contributed by atoms with Gasteiger partial charge in [0, 0.05) is 18.1 Å². The molecule has 1 aliphatic rings. The number of amides is 1. The molecule has 0 saturated carbocycles. The molecule has 2 heterocycles. The van der Waals surface area contributed by atoms with Crippen molar-refractivity contribution >= 4 is 11.6 Å². The number of hydrogen-bond acceptors (Lipinski definition) is 2. The van der Waals surface area contributed by atoms with Crippen molar-refractivity contribution < 1.29 is 4.79 Å².